The van der Waals surface area contributed by atoms with Crippen LogP contribution in [0.2, 0.25) is 5.02 Å². The third-order valence-corrected chi connectivity index (χ3v) is 3.55. The SMILES string of the molecule is COc1c(Cl)ccc(F)c1CC1CCCNC1. The standard InChI is InChI=1S/C13H17ClFNO/c1-17-13-10(12(15)5-4-11(13)14)7-9-3-2-6-16-8-9/h4-5,9,16H,2-3,6-8H2,1H3. The fourth-order valence-electron chi connectivity index (χ4n) is 2.37. The van der Waals surface area contributed by atoms with Gasteiger partial charge in [0.25, 0.3) is 0 Å². The highest BCUT2D eigenvalue weighted by atomic mass is 35.5. The molecule has 17 heavy (non-hydrogen) atoms. The monoisotopic (exact) mass is 257 g/mol. The van der Waals surface area contributed by atoms with E-state index in [4.69, 9.17) is 16.3 Å². The van der Waals surface area contributed by atoms with Gasteiger partial charge in [0, 0.05) is 5.56 Å². The first-order valence-corrected chi connectivity index (χ1v) is 6.31. The number of rotatable bonds is 3. The van der Waals surface area contributed by atoms with Crippen molar-refractivity contribution in [1.82, 2.24) is 5.32 Å². The molecule has 1 aliphatic heterocycles. The molecule has 1 aromatic rings. The lowest BCUT2D eigenvalue weighted by Crippen LogP contribution is -2.31. The summed E-state index contributed by atoms with van der Waals surface area (Å²) in [4.78, 5) is 0. The highest BCUT2D eigenvalue weighted by Crippen LogP contribution is 2.33. The van der Waals surface area contributed by atoms with Crippen LogP contribution in [0.5, 0.6) is 5.75 Å². The summed E-state index contributed by atoms with van der Waals surface area (Å²) in [6.45, 7) is 2.00. The van der Waals surface area contributed by atoms with Crippen LogP contribution in [0.15, 0.2) is 12.1 Å². The summed E-state index contributed by atoms with van der Waals surface area (Å²) >= 11 is 6.01. The Kier molecular flexibility index (Phi) is 4.24. The van der Waals surface area contributed by atoms with Crippen molar-refractivity contribution in [3.8, 4) is 5.75 Å². The van der Waals surface area contributed by atoms with E-state index in [1.54, 1.807) is 6.07 Å². The van der Waals surface area contributed by atoms with Gasteiger partial charge in [0.2, 0.25) is 0 Å². The molecule has 1 aliphatic rings. The van der Waals surface area contributed by atoms with Crippen molar-refractivity contribution in [2.24, 2.45) is 5.92 Å². The Bertz CT molecular complexity index is 391. The van der Waals surface area contributed by atoms with E-state index >= 15 is 0 Å². The summed E-state index contributed by atoms with van der Waals surface area (Å²) in [6.07, 6.45) is 2.96. The Hall–Kier alpha value is -0.800. The highest BCUT2D eigenvalue weighted by molar-refractivity contribution is 6.32. The van der Waals surface area contributed by atoms with Crippen LogP contribution in [0.25, 0.3) is 0 Å². The van der Waals surface area contributed by atoms with E-state index < -0.39 is 0 Å². The largest absolute Gasteiger partial charge is 0.495 e. The molecule has 1 saturated heterocycles. The van der Waals surface area contributed by atoms with Gasteiger partial charge in [-0.15, -0.1) is 0 Å². The fourth-order valence-corrected chi connectivity index (χ4v) is 2.63. The fraction of sp³-hybridized carbons (Fsp3) is 0.538. The Morgan fingerprint density at radius 3 is 3.00 bits per heavy atom. The molecule has 1 atom stereocenters. The average Bonchev–Trinajstić information content (AvgIpc) is 2.35. The summed E-state index contributed by atoms with van der Waals surface area (Å²) in [7, 11) is 1.53. The first-order chi connectivity index (χ1) is 8.22. The predicted octanol–water partition coefficient (Wildman–Crippen LogP) is 3.03. The minimum absolute atomic E-state index is 0.225. The normalized spacial score (nSPS) is 20.3. The lowest BCUT2D eigenvalue weighted by Gasteiger charge is -2.23. The van der Waals surface area contributed by atoms with Crippen LogP contribution < -0.4 is 10.1 Å². The molecule has 1 unspecified atom stereocenters. The maximum atomic E-state index is 13.8. The summed E-state index contributed by atoms with van der Waals surface area (Å²) in [6, 6.07) is 2.95. The third kappa shape index (κ3) is 2.90. The molecule has 0 spiro atoms. The van der Waals surface area contributed by atoms with E-state index in [2.05, 4.69) is 5.32 Å². The van der Waals surface area contributed by atoms with Crippen molar-refractivity contribution in [2.45, 2.75) is 19.3 Å². The number of nitrogens with one attached hydrogen (secondary N) is 1. The minimum atomic E-state index is -0.225. The molecule has 0 aliphatic carbocycles. The molecule has 1 aromatic carbocycles. The van der Waals surface area contributed by atoms with Crippen LogP contribution in [0.4, 0.5) is 4.39 Å². The maximum absolute atomic E-state index is 13.8. The Balaban J connectivity index is 2.21. The van der Waals surface area contributed by atoms with E-state index in [9.17, 15) is 4.39 Å². The summed E-state index contributed by atoms with van der Waals surface area (Å²) in [5.74, 6) is 0.722. The Morgan fingerprint density at radius 1 is 1.53 bits per heavy atom. The first-order valence-electron chi connectivity index (χ1n) is 5.94. The molecule has 0 aromatic heterocycles. The zero-order chi connectivity index (χ0) is 12.3. The number of halogens is 2. The molecule has 1 heterocycles. The molecule has 0 saturated carbocycles. The van der Waals surface area contributed by atoms with Crippen molar-refractivity contribution >= 4 is 11.6 Å². The van der Waals surface area contributed by atoms with Crippen LogP contribution in [-0.4, -0.2) is 20.2 Å². The van der Waals surface area contributed by atoms with Crippen LogP contribution in [-0.2, 0) is 6.42 Å². The molecule has 0 bridgehead atoms. The van der Waals surface area contributed by atoms with Gasteiger partial charge in [-0.25, -0.2) is 4.39 Å². The second-order valence-electron chi connectivity index (χ2n) is 4.46. The van der Waals surface area contributed by atoms with E-state index in [0.717, 1.165) is 25.9 Å². The number of benzene rings is 1. The number of hydrogen-bond donors (Lipinski definition) is 1. The second-order valence-corrected chi connectivity index (χ2v) is 4.86. The minimum Gasteiger partial charge on any atom is -0.495 e. The lowest BCUT2D eigenvalue weighted by molar-refractivity contribution is 0.358. The molecule has 1 N–H and O–H groups in total. The summed E-state index contributed by atoms with van der Waals surface area (Å²) < 4.78 is 19.0. The van der Waals surface area contributed by atoms with Gasteiger partial charge >= 0.3 is 0 Å². The Labute approximate surface area is 106 Å². The van der Waals surface area contributed by atoms with Crippen molar-refractivity contribution in [2.75, 3.05) is 20.2 Å². The van der Waals surface area contributed by atoms with E-state index in [1.807, 2.05) is 0 Å². The average molecular weight is 258 g/mol. The zero-order valence-electron chi connectivity index (χ0n) is 9.93. The van der Waals surface area contributed by atoms with Gasteiger partial charge in [-0.05, 0) is 50.4 Å². The molecule has 2 rings (SSSR count). The van der Waals surface area contributed by atoms with Crippen LogP contribution in [0, 0.1) is 11.7 Å². The molecule has 0 radical (unpaired) electrons. The predicted molar refractivity (Wildman–Crippen MR) is 67.3 cm³/mol. The van der Waals surface area contributed by atoms with Gasteiger partial charge in [-0.1, -0.05) is 11.6 Å². The van der Waals surface area contributed by atoms with Gasteiger partial charge in [0.05, 0.1) is 12.1 Å². The third-order valence-electron chi connectivity index (χ3n) is 3.25. The smallest absolute Gasteiger partial charge is 0.143 e. The van der Waals surface area contributed by atoms with Crippen LogP contribution >= 0.6 is 11.6 Å². The number of ether oxygens (including phenoxy) is 1. The van der Waals surface area contributed by atoms with Crippen LogP contribution in [0.1, 0.15) is 18.4 Å². The molecule has 4 heteroatoms. The summed E-state index contributed by atoms with van der Waals surface area (Å²) in [5, 5.41) is 3.81. The second kappa shape index (κ2) is 5.69. The van der Waals surface area contributed by atoms with Gasteiger partial charge < -0.3 is 10.1 Å². The van der Waals surface area contributed by atoms with Gasteiger partial charge in [0.1, 0.15) is 11.6 Å². The highest BCUT2D eigenvalue weighted by Gasteiger charge is 2.20. The van der Waals surface area contributed by atoms with Crippen molar-refractivity contribution in [1.29, 1.82) is 0 Å². The molecular weight excluding hydrogens is 241 g/mol. The van der Waals surface area contributed by atoms with Crippen molar-refractivity contribution in [3.05, 3.63) is 28.5 Å². The number of hydrogen-bond acceptors (Lipinski definition) is 2. The summed E-state index contributed by atoms with van der Waals surface area (Å²) in [5.41, 5.74) is 0.605. The van der Waals surface area contributed by atoms with Gasteiger partial charge in [-0.3, -0.25) is 0 Å². The molecular formula is C13H17ClFNO. The van der Waals surface area contributed by atoms with Gasteiger partial charge in [-0.2, -0.15) is 0 Å². The zero-order valence-corrected chi connectivity index (χ0v) is 10.7. The quantitative estimate of drug-likeness (QED) is 0.899. The molecule has 1 fully saturated rings. The first kappa shape index (κ1) is 12.7. The van der Waals surface area contributed by atoms with Crippen LogP contribution in [0.3, 0.4) is 0 Å². The molecule has 2 nitrogen and oxygen atoms in total. The number of methoxy groups -OCH3 is 1. The topological polar surface area (TPSA) is 21.3 Å². The maximum Gasteiger partial charge on any atom is 0.143 e. The number of piperidine rings is 1. The van der Waals surface area contributed by atoms with Gasteiger partial charge in [0.15, 0.2) is 0 Å². The van der Waals surface area contributed by atoms with E-state index in [1.165, 1.54) is 13.2 Å². The van der Waals surface area contributed by atoms with Crippen molar-refractivity contribution < 1.29 is 9.13 Å². The molecule has 0 amide bonds. The van der Waals surface area contributed by atoms with E-state index in [0.29, 0.717) is 28.7 Å². The molecule has 94 valence electrons. The van der Waals surface area contributed by atoms with Crippen molar-refractivity contribution in [3.63, 3.8) is 0 Å². The Morgan fingerprint density at radius 2 is 2.35 bits per heavy atom. The lowest BCUT2D eigenvalue weighted by atomic mass is 9.91. The van der Waals surface area contributed by atoms with E-state index in [-0.39, 0.29) is 5.82 Å².